The lowest BCUT2D eigenvalue weighted by Crippen LogP contribution is -2.27. The van der Waals surface area contributed by atoms with Crippen LogP contribution in [0.2, 0.25) is 5.02 Å². The highest BCUT2D eigenvalue weighted by atomic mass is 35.5. The lowest BCUT2D eigenvalue weighted by Gasteiger charge is -2.19. The molecule has 0 atom stereocenters. The normalized spacial score (nSPS) is 13.2. The van der Waals surface area contributed by atoms with E-state index in [1.165, 1.54) is 31.3 Å². The predicted molar refractivity (Wildman–Crippen MR) is 111 cm³/mol. The van der Waals surface area contributed by atoms with Gasteiger partial charge in [-0.2, -0.15) is 0 Å². The smallest absolute Gasteiger partial charge is 0.340 e. The minimum Gasteiger partial charge on any atom is -0.497 e. The first-order valence-corrected chi connectivity index (χ1v) is 9.59. The van der Waals surface area contributed by atoms with Crippen LogP contribution in [0.3, 0.4) is 0 Å². The van der Waals surface area contributed by atoms with Crippen LogP contribution in [-0.2, 0) is 14.3 Å². The van der Waals surface area contributed by atoms with E-state index in [2.05, 4.69) is 5.32 Å². The number of carbonyl (C=O) groups excluding carboxylic acids is 3. The molecule has 1 heterocycles. The number of benzene rings is 2. The van der Waals surface area contributed by atoms with Gasteiger partial charge in [0.2, 0.25) is 5.91 Å². The monoisotopic (exact) mass is 432 g/mol. The van der Waals surface area contributed by atoms with Crippen molar-refractivity contribution in [2.75, 3.05) is 37.6 Å². The van der Waals surface area contributed by atoms with Gasteiger partial charge in [0, 0.05) is 24.1 Å². The first kappa shape index (κ1) is 21.4. The number of hydrogen-bond acceptors (Lipinski definition) is 6. The third-order valence-corrected chi connectivity index (χ3v) is 4.79. The topological polar surface area (TPSA) is 94.2 Å². The van der Waals surface area contributed by atoms with Crippen molar-refractivity contribution in [3.63, 3.8) is 0 Å². The molecule has 30 heavy (non-hydrogen) atoms. The first-order valence-electron chi connectivity index (χ1n) is 9.22. The van der Waals surface area contributed by atoms with Gasteiger partial charge in [-0.25, -0.2) is 4.79 Å². The van der Waals surface area contributed by atoms with E-state index < -0.39 is 18.5 Å². The Hall–Kier alpha value is -3.26. The minimum absolute atomic E-state index is 0.0887. The Morgan fingerprint density at radius 1 is 1.13 bits per heavy atom. The van der Waals surface area contributed by atoms with Gasteiger partial charge in [0.25, 0.3) is 5.91 Å². The van der Waals surface area contributed by atoms with E-state index in [0.717, 1.165) is 0 Å². The molecule has 2 aromatic carbocycles. The van der Waals surface area contributed by atoms with Gasteiger partial charge in [0.1, 0.15) is 11.5 Å². The summed E-state index contributed by atoms with van der Waals surface area (Å²) < 4.78 is 15.5. The second-order valence-corrected chi connectivity index (χ2v) is 6.94. The van der Waals surface area contributed by atoms with Gasteiger partial charge in [-0.1, -0.05) is 11.6 Å². The van der Waals surface area contributed by atoms with Crippen LogP contribution >= 0.6 is 11.6 Å². The molecule has 0 aromatic heterocycles. The third-order valence-electron chi connectivity index (χ3n) is 4.56. The molecule has 3 rings (SSSR count). The number of nitrogens with zero attached hydrogens (tertiary/aromatic N) is 1. The van der Waals surface area contributed by atoms with Crippen molar-refractivity contribution in [3.05, 3.63) is 47.0 Å². The predicted octanol–water partition coefficient (Wildman–Crippen LogP) is 3.28. The maximum atomic E-state index is 12.6. The number of esters is 1. The maximum absolute atomic E-state index is 12.6. The van der Waals surface area contributed by atoms with Crippen LogP contribution in [0, 0.1) is 0 Å². The number of hydrogen-bond donors (Lipinski definition) is 1. The van der Waals surface area contributed by atoms with Gasteiger partial charge in [0.05, 0.1) is 31.2 Å². The fourth-order valence-electron chi connectivity index (χ4n) is 3.11. The van der Waals surface area contributed by atoms with Crippen molar-refractivity contribution in [2.45, 2.75) is 12.8 Å². The molecule has 0 unspecified atom stereocenters. The number of rotatable bonds is 7. The Morgan fingerprint density at radius 3 is 2.60 bits per heavy atom. The highest BCUT2D eigenvalue weighted by Gasteiger charge is 2.27. The average Bonchev–Trinajstić information content (AvgIpc) is 3.17. The van der Waals surface area contributed by atoms with Gasteiger partial charge in [0.15, 0.2) is 6.61 Å². The summed E-state index contributed by atoms with van der Waals surface area (Å²) in [4.78, 5) is 38.5. The van der Waals surface area contributed by atoms with Gasteiger partial charge >= 0.3 is 5.97 Å². The van der Waals surface area contributed by atoms with Gasteiger partial charge in [-0.3, -0.25) is 9.59 Å². The summed E-state index contributed by atoms with van der Waals surface area (Å²) in [7, 11) is 2.98. The number of carbonyl (C=O) groups is 3. The second kappa shape index (κ2) is 9.49. The second-order valence-electron chi connectivity index (χ2n) is 6.50. The molecular formula is C21H21ClN2O6. The van der Waals surface area contributed by atoms with Crippen LogP contribution < -0.4 is 19.7 Å². The number of anilines is 2. The zero-order valence-electron chi connectivity index (χ0n) is 16.6. The number of amides is 2. The zero-order valence-corrected chi connectivity index (χ0v) is 17.3. The summed E-state index contributed by atoms with van der Waals surface area (Å²) in [6.45, 7) is -0.0230. The molecule has 1 saturated heterocycles. The molecule has 8 nitrogen and oxygen atoms in total. The van der Waals surface area contributed by atoms with Gasteiger partial charge in [-0.05, 0) is 36.8 Å². The van der Waals surface area contributed by atoms with Crippen LogP contribution in [-0.4, -0.2) is 45.2 Å². The van der Waals surface area contributed by atoms with E-state index in [4.69, 9.17) is 25.8 Å². The summed E-state index contributed by atoms with van der Waals surface area (Å²) in [5.74, 6) is -0.404. The molecular weight excluding hydrogens is 412 g/mol. The third kappa shape index (κ3) is 4.83. The maximum Gasteiger partial charge on any atom is 0.340 e. The highest BCUT2D eigenvalue weighted by molar-refractivity contribution is 6.31. The summed E-state index contributed by atoms with van der Waals surface area (Å²) >= 11 is 6.04. The molecule has 1 fully saturated rings. The SMILES string of the molecule is COc1ccc(OC)c(NC(=O)COC(=O)c2ccc(Cl)cc2N2CCCC2=O)c1. The molecule has 0 spiro atoms. The molecule has 1 N–H and O–H groups in total. The summed E-state index contributed by atoms with van der Waals surface area (Å²) in [6, 6.07) is 9.49. The molecule has 1 aliphatic rings. The zero-order chi connectivity index (χ0) is 21.7. The molecule has 2 amide bonds. The van der Waals surface area contributed by atoms with Crippen LogP contribution in [0.15, 0.2) is 36.4 Å². The van der Waals surface area contributed by atoms with Crippen molar-refractivity contribution in [3.8, 4) is 11.5 Å². The number of nitrogens with one attached hydrogen (secondary N) is 1. The van der Waals surface area contributed by atoms with Gasteiger partial charge < -0.3 is 24.4 Å². The van der Waals surface area contributed by atoms with Gasteiger partial charge in [-0.15, -0.1) is 0 Å². The molecule has 0 radical (unpaired) electrons. The van der Waals surface area contributed by atoms with Crippen LogP contribution in [0.25, 0.3) is 0 Å². The van der Waals surface area contributed by atoms with E-state index in [9.17, 15) is 14.4 Å². The molecule has 0 aliphatic carbocycles. The van der Waals surface area contributed by atoms with Crippen molar-refractivity contribution in [2.24, 2.45) is 0 Å². The Morgan fingerprint density at radius 2 is 1.93 bits per heavy atom. The number of halogens is 1. The fraction of sp³-hybridized carbons (Fsp3) is 0.286. The average molecular weight is 433 g/mol. The van der Waals surface area contributed by atoms with Crippen LogP contribution in [0.5, 0.6) is 11.5 Å². The molecule has 9 heteroatoms. The highest BCUT2D eigenvalue weighted by Crippen LogP contribution is 2.30. The number of methoxy groups -OCH3 is 2. The Labute approximate surface area is 178 Å². The molecule has 158 valence electrons. The largest absolute Gasteiger partial charge is 0.497 e. The molecule has 1 aliphatic heterocycles. The quantitative estimate of drug-likeness (QED) is 0.675. The van der Waals surface area contributed by atoms with Crippen LogP contribution in [0.1, 0.15) is 23.2 Å². The molecule has 0 bridgehead atoms. The Kier molecular flexibility index (Phi) is 6.79. The van der Waals surface area contributed by atoms with Crippen molar-refractivity contribution >= 4 is 40.8 Å². The van der Waals surface area contributed by atoms with E-state index in [1.54, 1.807) is 24.3 Å². The Balaban J connectivity index is 1.69. The molecule has 2 aromatic rings. The molecule has 0 saturated carbocycles. The van der Waals surface area contributed by atoms with E-state index in [0.29, 0.717) is 47.3 Å². The van der Waals surface area contributed by atoms with Crippen molar-refractivity contribution in [1.82, 2.24) is 0 Å². The lowest BCUT2D eigenvalue weighted by atomic mass is 10.1. The summed E-state index contributed by atoms with van der Waals surface area (Å²) in [5, 5.41) is 3.01. The van der Waals surface area contributed by atoms with Crippen LogP contribution in [0.4, 0.5) is 11.4 Å². The minimum atomic E-state index is -0.728. The lowest BCUT2D eigenvalue weighted by molar-refractivity contribution is -0.119. The summed E-state index contributed by atoms with van der Waals surface area (Å²) in [6.07, 6.45) is 1.11. The first-order chi connectivity index (χ1) is 14.4. The van der Waals surface area contributed by atoms with Crippen molar-refractivity contribution in [1.29, 1.82) is 0 Å². The van der Waals surface area contributed by atoms with E-state index in [1.807, 2.05) is 0 Å². The van der Waals surface area contributed by atoms with Crippen molar-refractivity contribution < 1.29 is 28.6 Å². The fourth-order valence-corrected chi connectivity index (χ4v) is 3.28. The number of ether oxygens (including phenoxy) is 3. The summed E-state index contributed by atoms with van der Waals surface area (Å²) in [5.41, 5.74) is 0.930. The van der Waals surface area contributed by atoms with E-state index in [-0.39, 0.29) is 11.5 Å². The standard InChI is InChI=1S/C21H21ClN2O6/c1-28-14-6-8-18(29-2)16(11-14)23-19(25)12-30-21(27)15-7-5-13(22)10-17(15)24-9-3-4-20(24)26/h5-8,10-11H,3-4,9,12H2,1-2H3,(H,23,25). The van der Waals surface area contributed by atoms with E-state index >= 15 is 0 Å². The Bertz CT molecular complexity index is 978.